The summed E-state index contributed by atoms with van der Waals surface area (Å²) in [5.41, 5.74) is 6.43. The molecule has 2 aliphatic heterocycles. The van der Waals surface area contributed by atoms with Crippen molar-refractivity contribution in [2.45, 2.75) is 43.2 Å². The van der Waals surface area contributed by atoms with E-state index in [2.05, 4.69) is 9.88 Å². The van der Waals surface area contributed by atoms with Gasteiger partial charge < -0.3 is 10.6 Å². The lowest BCUT2D eigenvalue weighted by Crippen LogP contribution is -2.48. The molecule has 0 bridgehead atoms. The molecular formula is C15H23N3S. The number of anilines is 1. The third kappa shape index (κ3) is 3.23. The monoisotopic (exact) mass is 277 g/mol. The molecule has 2 fully saturated rings. The number of nitrogen functional groups attached to an aromatic ring is 1. The van der Waals surface area contributed by atoms with Crippen LogP contribution in [0.1, 0.15) is 32.1 Å². The zero-order chi connectivity index (χ0) is 13.1. The predicted octanol–water partition coefficient (Wildman–Crippen LogP) is 3.02. The molecule has 2 saturated heterocycles. The van der Waals surface area contributed by atoms with Crippen LogP contribution in [-0.4, -0.2) is 34.8 Å². The Morgan fingerprint density at radius 2 is 2.11 bits per heavy atom. The summed E-state index contributed by atoms with van der Waals surface area (Å²) in [5, 5.41) is 1.11. The second-order valence-electron chi connectivity index (χ2n) is 5.74. The first-order chi connectivity index (χ1) is 9.33. The molecule has 0 radical (unpaired) electrons. The Kier molecular flexibility index (Phi) is 4.28. The van der Waals surface area contributed by atoms with Crippen LogP contribution in [0.3, 0.4) is 0 Å². The summed E-state index contributed by atoms with van der Waals surface area (Å²) in [5.74, 6) is 2.05. The summed E-state index contributed by atoms with van der Waals surface area (Å²) in [6, 6.07) is 4.83. The van der Waals surface area contributed by atoms with Gasteiger partial charge in [0.15, 0.2) is 0 Å². The average Bonchev–Trinajstić information content (AvgIpc) is 2.47. The molecule has 1 aromatic rings. The van der Waals surface area contributed by atoms with Crippen molar-refractivity contribution in [1.29, 1.82) is 0 Å². The Morgan fingerprint density at radius 3 is 2.95 bits per heavy atom. The SMILES string of the molecule is Nc1ccc(SC[C@@H]2CCCN3CCCC[C@@H]23)nc1. The lowest BCUT2D eigenvalue weighted by atomic mass is 9.85. The number of thioether (sulfide) groups is 1. The van der Waals surface area contributed by atoms with Crippen LogP contribution in [0.25, 0.3) is 0 Å². The van der Waals surface area contributed by atoms with Crippen molar-refractivity contribution in [2.24, 2.45) is 5.92 Å². The summed E-state index contributed by atoms with van der Waals surface area (Å²) in [6.45, 7) is 2.65. The molecule has 0 saturated carbocycles. The molecule has 2 N–H and O–H groups in total. The lowest BCUT2D eigenvalue weighted by molar-refractivity contribution is 0.0693. The van der Waals surface area contributed by atoms with Crippen LogP contribution in [0.4, 0.5) is 5.69 Å². The van der Waals surface area contributed by atoms with Gasteiger partial charge >= 0.3 is 0 Å². The van der Waals surface area contributed by atoms with Gasteiger partial charge in [-0.3, -0.25) is 0 Å². The molecule has 3 heterocycles. The molecule has 0 aromatic carbocycles. The fourth-order valence-electron chi connectivity index (χ4n) is 3.44. The third-order valence-corrected chi connectivity index (χ3v) is 5.57. The van der Waals surface area contributed by atoms with E-state index in [9.17, 15) is 0 Å². The van der Waals surface area contributed by atoms with Gasteiger partial charge in [-0.15, -0.1) is 11.8 Å². The highest BCUT2D eigenvalue weighted by Gasteiger charge is 2.32. The van der Waals surface area contributed by atoms with Crippen molar-refractivity contribution < 1.29 is 0 Å². The zero-order valence-corrected chi connectivity index (χ0v) is 12.2. The Hall–Kier alpha value is -0.740. The van der Waals surface area contributed by atoms with Crippen molar-refractivity contribution in [2.75, 3.05) is 24.6 Å². The first-order valence-corrected chi connectivity index (χ1v) is 8.40. The molecule has 0 aliphatic carbocycles. The minimum absolute atomic E-state index is 0.750. The maximum absolute atomic E-state index is 5.67. The summed E-state index contributed by atoms with van der Waals surface area (Å²) >= 11 is 1.90. The largest absolute Gasteiger partial charge is 0.397 e. The van der Waals surface area contributed by atoms with Crippen molar-refractivity contribution in [3.63, 3.8) is 0 Å². The van der Waals surface area contributed by atoms with Gasteiger partial charge in [-0.2, -0.15) is 0 Å². The topological polar surface area (TPSA) is 42.1 Å². The number of nitrogens with two attached hydrogens (primary N) is 1. The molecule has 3 nitrogen and oxygen atoms in total. The molecule has 2 aliphatic rings. The van der Waals surface area contributed by atoms with Gasteiger partial charge in [0.25, 0.3) is 0 Å². The van der Waals surface area contributed by atoms with Crippen LogP contribution in [-0.2, 0) is 0 Å². The Balaban J connectivity index is 1.57. The van der Waals surface area contributed by atoms with Crippen LogP contribution >= 0.6 is 11.8 Å². The van der Waals surface area contributed by atoms with E-state index >= 15 is 0 Å². The smallest absolute Gasteiger partial charge is 0.0961 e. The van der Waals surface area contributed by atoms with E-state index < -0.39 is 0 Å². The zero-order valence-electron chi connectivity index (χ0n) is 11.4. The number of piperidine rings is 2. The number of hydrogen-bond acceptors (Lipinski definition) is 4. The van der Waals surface area contributed by atoms with Gasteiger partial charge in [0.2, 0.25) is 0 Å². The number of aromatic nitrogens is 1. The number of fused-ring (bicyclic) bond motifs is 1. The summed E-state index contributed by atoms with van der Waals surface area (Å²) in [6.07, 6.45) is 8.74. The number of pyridine rings is 1. The quantitative estimate of drug-likeness (QED) is 0.862. The van der Waals surface area contributed by atoms with Crippen molar-refractivity contribution in [3.05, 3.63) is 18.3 Å². The van der Waals surface area contributed by atoms with Crippen molar-refractivity contribution in [1.82, 2.24) is 9.88 Å². The molecule has 1 aromatic heterocycles. The van der Waals surface area contributed by atoms with E-state index in [1.807, 2.05) is 23.9 Å². The van der Waals surface area contributed by atoms with Gasteiger partial charge in [0.1, 0.15) is 0 Å². The van der Waals surface area contributed by atoms with E-state index in [1.165, 1.54) is 50.9 Å². The number of hydrogen-bond donors (Lipinski definition) is 1. The summed E-state index contributed by atoms with van der Waals surface area (Å²) < 4.78 is 0. The highest BCUT2D eigenvalue weighted by atomic mass is 32.2. The molecule has 19 heavy (non-hydrogen) atoms. The molecule has 4 heteroatoms. The molecule has 3 rings (SSSR count). The van der Waals surface area contributed by atoms with Crippen LogP contribution in [0.15, 0.2) is 23.4 Å². The minimum atomic E-state index is 0.750. The van der Waals surface area contributed by atoms with E-state index in [1.54, 1.807) is 6.20 Å². The minimum Gasteiger partial charge on any atom is -0.397 e. The Morgan fingerprint density at radius 1 is 1.21 bits per heavy atom. The second kappa shape index (κ2) is 6.14. The first kappa shape index (κ1) is 13.3. The van der Waals surface area contributed by atoms with E-state index in [4.69, 9.17) is 5.73 Å². The van der Waals surface area contributed by atoms with E-state index in [0.717, 1.165) is 22.7 Å². The van der Waals surface area contributed by atoms with E-state index in [-0.39, 0.29) is 0 Å². The van der Waals surface area contributed by atoms with Crippen molar-refractivity contribution in [3.8, 4) is 0 Å². The fourth-order valence-corrected chi connectivity index (χ4v) is 4.51. The van der Waals surface area contributed by atoms with Crippen LogP contribution < -0.4 is 5.73 Å². The second-order valence-corrected chi connectivity index (χ2v) is 6.78. The first-order valence-electron chi connectivity index (χ1n) is 7.41. The highest BCUT2D eigenvalue weighted by Crippen LogP contribution is 2.34. The third-order valence-electron chi connectivity index (χ3n) is 4.43. The number of rotatable bonds is 3. The van der Waals surface area contributed by atoms with Crippen LogP contribution in [0, 0.1) is 5.92 Å². The fraction of sp³-hybridized carbons (Fsp3) is 0.667. The summed E-state index contributed by atoms with van der Waals surface area (Å²) in [7, 11) is 0. The van der Waals surface area contributed by atoms with Gasteiger partial charge in [0, 0.05) is 11.8 Å². The highest BCUT2D eigenvalue weighted by molar-refractivity contribution is 7.99. The maximum Gasteiger partial charge on any atom is 0.0961 e. The Bertz CT molecular complexity index is 404. The molecular weight excluding hydrogens is 254 g/mol. The molecule has 2 atom stereocenters. The average molecular weight is 277 g/mol. The molecule has 0 unspecified atom stereocenters. The van der Waals surface area contributed by atoms with Gasteiger partial charge in [0.05, 0.1) is 16.9 Å². The van der Waals surface area contributed by atoms with Gasteiger partial charge in [-0.05, 0) is 56.8 Å². The van der Waals surface area contributed by atoms with Gasteiger partial charge in [-0.25, -0.2) is 4.98 Å². The number of nitrogens with zero attached hydrogens (tertiary/aromatic N) is 2. The van der Waals surface area contributed by atoms with Crippen molar-refractivity contribution >= 4 is 17.4 Å². The molecule has 104 valence electrons. The van der Waals surface area contributed by atoms with E-state index in [0.29, 0.717) is 0 Å². The molecule has 0 spiro atoms. The maximum atomic E-state index is 5.67. The predicted molar refractivity (Wildman–Crippen MR) is 81.3 cm³/mol. The van der Waals surface area contributed by atoms with Gasteiger partial charge in [-0.1, -0.05) is 6.42 Å². The van der Waals surface area contributed by atoms with Crippen LogP contribution in [0.2, 0.25) is 0 Å². The standard InChI is InChI=1S/C15H23N3S/c16-13-6-7-15(17-10-13)19-11-12-4-3-9-18-8-2-1-5-14(12)18/h6-7,10,12,14H,1-5,8-9,11,16H2/t12-,14-/m0/s1. The lowest BCUT2D eigenvalue weighted by Gasteiger charge is -2.44. The molecule has 0 amide bonds. The Labute approximate surface area is 120 Å². The normalized spacial score (nSPS) is 28.0. The van der Waals surface area contributed by atoms with Crippen LogP contribution in [0.5, 0.6) is 0 Å². The summed E-state index contributed by atoms with van der Waals surface area (Å²) in [4.78, 5) is 7.12.